The highest BCUT2D eigenvalue weighted by atomic mass is 19.1. The number of hydrogen-bond donors (Lipinski definition) is 1. The predicted molar refractivity (Wildman–Crippen MR) is 91.2 cm³/mol. The highest BCUT2D eigenvalue weighted by molar-refractivity contribution is 5.78. The maximum atomic E-state index is 13.0. The van der Waals surface area contributed by atoms with E-state index in [1.807, 2.05) is 7.05 Å². The van der Waals surface area contributed by atoms with Crippen molar-refractivity contribution in [2.45, 2.75) is 38.1 Å². The van der Waals surface area contributed by atoms with Gasteiger partial charge in [0.05, 0.1) is 12.1 Å². The molecule has 1 amide bonds. The molecule has 1 heterocycles. The molecule has 0 unspecified atom stereocenters. The van der Waals surface area contributed by atoms with Crippen LogP contribution >= 0.6 is 0 Å². The second kappa shape index (κ2) is 7.78. The smallest absolute Gasteiger partial charge is 0.228 e. The van der Waals surface area contributed by atoms with Crippen molar-refractivity contribution in [3.63, 3.8) is 0 Å². The Kier molecular flexibility index (Phi) is 5.48. The highest BCUT2D eigenvalue weighted by Crippen LogP contribution is 2.27. The quantitative estimate of drug-likeness (QED) is 0.904. The SMILES string of the molecule is CN(C(=O)Cc1coc(-c2ccc(F)cc2)n1)C1CCC(CO)CC1. The molecular formula is C19H23FN2O3. The average molecular weight is 346 g/mol. The number of hydrogen-bond acceptors (Lipinski definition) is 4. The molecule has 134 valence electrons. The molecule has 6 heteroatoms. The van der Waals surface area contributed by atoms with Crippen molar-refractivity contribution in [3.05, 3.63) is 42.0 Å². The standard InChI is InChI=1S/C19H23FN2O3/c1-22(17-8-2-13(11-23)3-9-17)18(24)10-16-12-25-19(21-16)14-4-6-15(20)7-5-14/h4-7,12-13,17,23H,2-3,8-11H2,1H3. The largest absolute Gasteiger partial charge is 0.444 e. The normalized spacial score (nSPS) is 20.4. The Hall–Kier alpha value is -2.21. The van der Waals surface area contributed by atoms with Crippen LogP contribution in [0.15, 0.2) is 34.9 Å². The average Bonchev–Trinajstić information content (AvgIpc) is 3.10. The van der Waals surface area contributed by atoms with E-state index in [2.05, 4.69) is 4.98 Å². The molecule has 5 nitrogen and oxygen atoms in total. The lowest BCUT2D eigenvalue weighted by Crippen LogP contribution is -2.40. The summed E-state index contributed by atoms with van der Waals surface area (Å²) in [5.74, 6) is 0.442. The van der Waals surface area contributed by atoms with Crippen LogP contribution in [0.2, 0.25) is 0 Å². The number of nitrogens with zero attached hydrogens (tertiary/aromatic N) is 2. The van der Waals surface area contributed by atoms with Gasteiger partial charge in [0.2, 0.25) is 11.8 Å². The summed E-state index contributed by atoms with van der Waals surface area (Å²) >= 11 is 0. The third-order valence-electron chi connectivity index (χ3n) is 4.99. The molecule has 1 N–H and O–H groups in total. The molecule has 1 aromatic carbocycles. The van der Waals surface area contributed by atoms with Gasteiger partial charge >= 0.3 is 0 Å². The molecule has 1 saturated carbocycles. The fourth-order valence-electron chi connectivity index (χ4n) is 3.31. The van der Waals surface area contributed by atoms with Crippen LogP contribution in [-0.4, -0.2) is 40.6 Å². The van der Waals surface area contributed by atoms with Gasteiger partial charge in [0.25, 0.3) is 0 Å². The first kappa shape index (κ1) is 17.6. The van der Waals surface area contributed by atoms with Gasteiger partial charge < -0.3 is 14.4 Å². The summed E-state index contributed by atoms with van der Waals surface area (Å²) in [5.41, 5.74) is 1.25. The van der Waals surface area contributed by atoms with Gasteiger partial charge in [-0.2, -0.15) is 0 Å². The fraction of sp³-hybridized carbons (Fsp3) is 0.474. The van der Waals surface area contributed by atoms with Crippen LogP contribution in [0, 0.1) is 11.7 Å². The second-order valence-electron chi connectivity index (χ2n) is 6.69. The molecule has 0 spiro atoms. The summed E-state index contributed by atoms with van der Waals surface area (Å²) in [6, 6.07) is 6.11. The lowest BCUT2D eigenvalue weighted by atomic mass is 9.86. The zero-order valence-corrected chi connectivity index (χ0v) is 14.3. The molecule has 1 aliphatic rings. The highest BCUT2D eigenvalue weighted by Gasteiger charge is 2.26. The van der Waals surface area contributed by atoms with Crippen LogP contribution in [0.1, 0.15) is 31.4 Å². The van der Waals surface area contributed by atoms with E-state index in [1.165, 1.54) is 18.4 Å². The Bertz CT molecular complexity index is 706. The van der Waals surface area contributed by atoms with Crippen molar-refractivity contribution < 1.29 is 18.7 Å². The lowest BCUT2D eigenvalue weighted by molar-refractivity contribution is -0.132. The number of amides is 1. The Labute approximate surface area is 146 Å². The van der Waals surface area contributed by atoms with E-state index in [-0.39, 0.29) is 30.8 Å². The maximum absolute atomic E-state index is 13.0. The molecule has 0 aliphatic heterocycles. The number of carbonyl (C=O) groups is 1. The fourth-order valence-corrected chi connectivity index (χ4v) is 3.31. The Morgan fingerprint density at radius 2 is 1.96 bits per heavy atom. The minimum atomic E-state index is -0.316. The molecule has 0 bridgehead atoms. The molecule has 0 saturated heterocycles. The summed E-state index contributed by atoms with van der Waals surface area (Å²) in [6.07, 6.45) is 5.42. The number of aromatic nitrogens is 1. The number of carbonyl (C=O) groups excluding carboxylic acids is 1. The van der Waals surface area contributed by atoms with Crippen LogP contribution in [0.25, 0.3) is 11.5 Å². The van der Waals surface area contributed by atoms with E-state index in [9.17, 15) is 14.3 Å². The van der Waals surface area contributed by atoms with Crippen LogP contribution in [-0.2, 0) is 11.2 Å². The van der Waals surface area contributed by atoms with Gasteiger partial charge in [0, 0.05) is 25.3 Å². The van der Waals surface area contributed by atoms with Crippen molar-refractivity contribution in [2.75, 3.05) is 13.7 Å². The first-order valence-corrected chi connectivity index (χ1v) is 8.63. The van der Waals surface area contributed by atoms with E-state index in [1.54, 1.807) is 17.0 Å². The summed E-state index contributed by atoms with van der Waals surface area (Å²) in [7, 11) is 1.83. The third-order valence-corrected chi connectivity index (χ3v) is 4.99. The van der Waals surface area contributed by atoms with Gasteiger partial charge in [0.1, 0.15) is 12.1 Å². The Balaban J connectivity index is 1.59. The molecule has 25 heavy (non-hydrogen) atoms. The van der Waals surface area contributed by atoms with Gasteiger partial charge in [0.15, 0.2) is 0 Å². The van der Waals surface area contributed by atoms with Gasteiger partial charge in [-0.15, -0.1) is 0 Å². The molecule has 3 rings (SSSR count). The van der Waals surface area contributed by atoms with Gasteiger partial charge in [-0.25, -0.2) is 9.37 Å². The molecule has 1 aromatic heterocycles. The number of likely N-dealkylation sites (N-methyl/N-ethyl adjacent to an activating group) is 1. The van der Waals surface area contributed by atoms with Gasteiger partial charge in [-0.05, 0) is 55.9 Å². The van der Waals surface area contributed by atoms with Crippen LogP contribution in [0.4, 0.5) is 4.39 Å². The van der Waals surface area contributed by atoms with E-state index in [0.29, 0.717) is 23.1 Å². The predicted octanol–water partition coefficient (Wildman–Crippen LogP) is 3.03. The Morgan fingerprint density at radius 3 is 2.60 bits per heavy atom. The number of benzene rings is 1. The molecule has 1 fully saturated rings. The number of aliphatic hydroxyl groups is 1. The third kappa shape index (κ3) is 4.25. The van der Waals surface area contributed by atoms with E-state index in [0.717, 1.165) is 25.7 Å². The molecule has 0 atom stereocenters. The Morgan fingerprint density at radius 1 is 1.28 bits per heavy atom. The zero-order valence-electron chi connectivity index (χ0n) is 14.3. The van der Waals surface area contributed by atoms with E-state index in [4.69, 9.17) is 4.42 Å². The first-order valence-electron chi connectivity index (χ1n) is 8.63. The number of oxazole rings is 1. The minimum Gasteiger partial charge on any atom is -0.444 e. The van der Waals surface area contributed by atoms with Gasteiger partial charge in [-0.1, -0.05) is 0 Å². The van der Waals surface area contributed by atoms with Crippen molar-refractivity contribution in [2.24, 2.45) is 5.92 Å². The first-order chi connectivity index (χ1) is 12.1. The van der Waals surface area contributed by atoms with Crippen molar-refractivity contribution in [1.29, 1.82) is 0 Å². The molecule has 0 radical (unpaired) electrons. The summed E-state index contributed by atoms with van der Waals surface area (Å²) < 4.78 is 18.4. The summed E-state index contributed by atoms with van der Waals surface area (Å²) in [4.78, 5) is 18.6. The van der Waals surface area contributed by atoms with Crippen LogP contribution in [0.5, 0.6) is 0 Å². The zero-order chi connectivity index (χ0) is 17.8. The van der Waals surface area contributed by atoms with Crippen molar-refractivity contribution in [1.82, 2.24) is 9.88 Å². The maximum Gasteiger partial charge on any atom is 0.228 e. The minimum absolute atomic E-state index is 0.00593. The molecule has 2 aromatic rings. The van der Waals surface area contributed by atoms with Crippen molar-refractivity contribution >= 4 is 5.91 Å². The lowest BCUT2D eigenvalue weighted by Gasteiger charge is -2.34. The van der Waals surface area contributed by atoms with E-state index < -0.39 is 0 Å². The monoisotopic (exact) mass is 346 g/mol. The number of aliphatic hydroxyl groups excluding tert-OH is 1. The topological polar surface area (TPSA) is 66.6 Å². The van der Waals surface area contributed by atoms with E-state index >= 15 is 0 Å². The molecule has 1 aliphatic carbocycles. The van der Waals surface area contributed by atoms with Gasteiger partial charge in [-0.3, -0.25) is 4.79 Å². The summed E-state index contributed by atoms with van der Waals surface area (Å²) in [6.45, 7) is 0.232. The molecular weight excluding hydrogens is 323 g/mol. The summed E-state index contributed by atoms with van der Waals surface area (Å²) in [5, 5.41) is 9.21. The van der Waals surface area contributed by atoms with Crippen molar-refractivity contribution in [3.8, 4) is 11.5 Å². The van der Waals surface area contributed by atoms with Crippen LogP contribution in [0.3, 0.4) is 0 Å². The number of halogens is 1. The number of rotatable bonds is 5. The van der Waals surface area contributed by atoms with Crippen LogP contribution < -0.4 is 0 Å². The second-order valence-corrected chi connectivity index (χ2v) is 6.69.